The van der Waals surface area contributed by atoms with Gasteiger partial charge in [0, 0.05) is 0 Å². The van der Waals surface area contributed by atoms with Gasteiger partial charge in [0.05, 0.1) is 5.71 Å². The minimum absolute atomic E-state index is 0.932. The quantitative estimate of drug-likeness (QED) is 0.335. The smallest absolute Gasteiger partial charge is 0.118 e. The van der Waals surface area contributed by atoms with Crippen LogP contribution in [0.3, 0.4) is 0 Å². The molecule has 0 amide bonds. The van der Waals surface area contributed by atoms with Crippen molar-refractivity contribution in [2.45, 2.75) is 33.6 Å². The van der Waals surface area contributed by atoms with E-state index in [0.29, 0.717) is 0 Å². The molecule has 2 heteroatoms. The molecule has 0 heterocycles. The predicted octanol–water partition coefficient (Wildman–Crippen LogP) is 2.71. The van der Waals surface area contributed by atoms with Crippen molar-refractivity contribution < 1.29 is 4.84 Å². The molecule has 0 unspecified atom stereocenters. The van der Waals surface area contributed by atoms with Crippen LogP contribution < -0.4 is 0 Å². The van der Waals surface area contributed by atoms with E-state index in [4.69, 9.17) is 4.84 Å². The van der Waals surface area contributed by atoms with Crippen LogP contribution in [0.4, 0.5) is 0 Å². The molecule has 0 aromatic heterocycles. The molecule has 0 rings (SSSR count). The van der Waals surface area contributed by atoms with Crippen molar-refractivity contribution >= 4 is 5.71 Å². The van der Waals surface area contributed by atoms with Crippen molar-refractivity contribution in [1.29, 1.82) is 0 Å². The lowest BCUT2D eigenvalue weighted by atomic mass is 10.3. The highest BCUT2D eigenvalue weighted by atomic mass is 16.6. The van der Waals surface area contributed by atoms with Crippen LogP contribution in [-0.2, 0) is 4.84 Å². The van der Waals surface area contributed by atoms with Crippen LogP contribution in [0.15, 0.2) is 17.5 Å². The summed E-state index contributed by atoms with van der Waals surface area (Å²) >= 11 is 0. The van der Waals surface area contributed by atoms with Gasteiger partial charge in [-0.05, 0) is 26.3 Å². The number of allylic oxidation sites excluding steroid dienone is 1. The van der Waals surface area contributed by atoms with Crippen LogP contribution in [0.1, 0.15) is 33.6 Å². The first kappa shape index (κ1) is 9.21. The molecule has 2 nitrogen and oxygen atoms in total. The molecule has 58 valence electrons. The standard InChI is InChI=1S/C8H15NO/c1-4-5-6-7-10-9-8(2)3/h6-7H,4-5H2,1-3H3/b7-6+. The average Bonchev–Trinajstić information content (AvgIpc) is 1.87. The fourth-order valence-corrected chi connectivity index (χ4v) is 0.414. The topological polar surface area (TPSA) is 21.6 Å². The van der Waals surface area contributed by atoms with Gasteiger partial charge in [0.15, 0.2) is 0 Å². The Morgan fingerprint density at radius 2 is 2.20 bits per heavy atom. The summed E-state index contributed by atoms with van der Waals surface area (Å²) in [6, 6.07) is 0. The Hall–Kier alpha value is -0.790. The Bertz CT molecular complexity index is 123. The number of hydrogen-bond donors (Lipinski definition) is 0. The lowest BCUT2D eigenvalue weighted by molar-refractivity contribution is 0.266. The molecule has 0 N–H and O–H groups in total. The highest BCUT2D eigenvalue weighted by Gasteiger charge is 1.75. The first-order valence-corrected chi connectivity index (χ1v) is 3.59. The van der Waals surface area contributed by atoms with E-state index in [1.807, 2.05) is 19.9 Å². The summed E-state index contributed by atoms with van der Waals surface area (Å²) in [7, 11) is 0. The van der Waals surface area contributed by atoms with E-state index >= 15 is 0 Å². The first-order chi connectivity index (χ1) is 4.77. The zero-order chi connectivity index (χ0) is 7.82. The molecule has 0 saturated heterocycles. The van der Waals surface area contributed by atoms with Crippen molar-refractivity contribution in [1.82, 2.24) is 0 Å². The van der Waals surface area contributed by atoms with E-state index in [0.717, 1.165) is 18.6 Å². The normalized spacial score (nSPS) is 9.90. The summed E-state index contributed by atoms with van der Waals surface area (Å²) in [6.45, 7) is 5.92. The third-order valence-corrected chi connectivity index (χ3v) is 0.848. The number of oxime groups is 1. The van der Waals surface area contributed by atoms with Crippen LogP contribution in [0.25, 0.3) is 0 Å². The SMILES string of the molecule is CCC/C=C/ON=C(C)C. The van der Waals surface area contributed by atoms with Gasteiger partial charge in [-0.3, -0.25) is 0 Å². The van der Waals surface area contributed by atoms with Gasteiger partial charge in [0.25, 0.3) is 0 Å². The van der Waals surface area contributed by atoms with Gasteiger partial charge in [-0.1, -0.05) is 18.5 Å². The number of rotatable bonds is 4. The maximum absolute atomic E-state index is 4.80. The van der Waals surface area contributed by atoms with Gasteiger partial charge < -0.3 is 4.84 Å². The van der Waals surface area contributed by atoms with Crippen LogP contribution in [0.2, 0.25) is 0 Å². The monoisotopic (exact) mass is 141 g/mol. The molecule has 0 spiro atoms. The molecule has 0 saturated carbocycles. The lowest BCUT2D eigenvalue weighted by Gasteiger charge is -1.88. The second-order valence-electron chi connectivity index (χ2n) is 2.30. The summed E-state index contributed by atoms with van der Waals surface area (Å²) in [4.78, 5) is 4.80. The maximum atomic E-state index is 4.80. The van der Waals surface area contributed by atoms with E-state index < -0.39 is 0 Å². The van der Waals surface area contributed by atoms with Crippen LogP contribution in [0.5, 0.6) is 0 Å². The van der Waals surface area contributed by atoms with Crippen molar-refractivity contribution in [3.63, 3.8) is 0 Å². The predicted molar refractivity (Wildman–Crippen MR) is 43.9 cm³/mol. The van der Waals surface area contributed by atoms with E-state index in [9.17, 15) is 0 Å². The highest BCUT2D eigenvalue weighted by Crippen LogP contribution is 1.89. The van der Waals surface area contributed by atoms with Crippen LogP contribution >= 0.6 is 0 Å². The summed E-state index contributed by atoms with van der Waals surface area (Å²) in [5, 5.41) is 3.73. The Morgan fingerprint density at radius 1 is 1.50 bits per heavy atom. The molecule has 10 heavy (non-hydrogen) atoms. The summed E-state index contributed by atoms with van der Waals surface area (Å²) < 4.78 is 0. The van der Waals surface area contributed by atoms with Crippen LogP contribution in [0, 0.1) is 0 Å². The van der Waals surface area contributed by atoms with E-state index in [-0.39, 0.29) is 0 Å². The molecule has 0 aliphatic carbocycles. The molecule has 0 bridgehead atoms. The van der Waals surface area contributed by atoms with Gasteiger partial charge in [0.1, 0.15) is 6.26 Å². The van der Waals surface area contributed by atoms with Crippen molar-refractivity contribution in [3.05, 3.63) is 12.3 Å². The third-order valence-electron chi connectivity index (χ3n) is 0.848. The minimum atomic E-state index is 0.932. The van der Waals surface area contributed by atoms with Crippen molar-refractivity contribution in [3.8, 4) is 0 Å². The van der Waals surface area contributed by atoms with Gasteiger partial charge in [-0.2, -0.15) is 0 Å². The Balaban J connectivity index is 3.27. The Morgan fingerprint density at radius 3 is 2.70 bits per heavy atom. The van der Waals surface area contributed by atoms with E-state index in [1.165, 1.54) is 0 Å². The fourth-order valence-electron chi connectivity index (χ4n) is 0.414. The zero-order valence-electron chi connectivity index (χ0n) is 6.92. The van der Waals surface area contributed by atoms with E-state index in [1.54, 1.807) is 6.26 Å². The summed E-state index contributed by atoms with van der Waals surface area (Å²) in [5.74, 6) is 0. The Kier molecular flexibility index (Phi) is 5.83. The molecule has 0 fully saturated rings. The van der Waals surface area contributed by atoms with Gasteiger partial charge in [-0.15, -0.1) is 0 Å². The van der Waals surface area contributed by atoms with Gasteiger partial charge in [0.2, 0.25) is 0 Å². The van der Waals surface area contributed by atoms with Crippen molar-refractivity contribution in [2.24, 2.45) is 5.16 Å². The van der Waals surface area contributed by atoms with Gasteiger partial charge in [-0.25, -0.2) is 0 Å². The maximum Gasteiger partial charge on any atom is 0.118 e. The molecular formula is C8H15NO. The molecule has 0 aliphatic heterocycles. The van der Waals surface area contributed by atoms with Crippen molar-refractivity contribution in [2.75, 3.05) is 0 Å². The van der Waals surface area contributed by atoms with Crippen LogP contribution in [-0.4, -0.2) is 5.71 Å². The second kappa shape index (κ2) is 6.33. The first-order valence-electron chi connectivity index (χ1n) is 3.59. The Labute approximate surface area is 62.6 Å². The average molecular weight is 141 g/mol. The fraction of sp³-hybridized carbons (Fsp3) is 0.625. The minimum Gasteiger partial charge on any atom is -0.365 e. The lowest BCUT2D eigenvalue weighted by Crippen LogP contribution is -1.79. The number of nitrogens with zero attached hydrogens (tertiary/aromatic N) is 1. The molecule has 0 aromatic rings. The second-order valence-corrected chi connectivity index (χ2v) is 2.30. The molecule has 0 radical (unpaired) electrons. The molecule has 0 atom stereocenters. The summed E-state index contributed by atoms with van der Waals surface area (Å²) in [5.41, 5.74) is 0.932. The van der Waals surface area contributed by atoms with E-state index in [2.05, 4.69) is 12.1 Å². The highest BCUT2D eigenvalue weighted by molar-refractivity contribution is 5.78. The summed E-state index contributed by atoms with van der Waals surface area (Å²) in [6.07, 6.45) is 5.79. The largest absolute Gasteiger partial charge is 0.365 e. The molecular weight excluding hydrogens is 126 g/mol. The molecule has 0 aliphatic rings. The zero-order valence-corrected chi connectivity index (χ0v) is 6.92. The number of unbranched alkanes of at least 4 members (excludes halogenated alkanes) is 1. The van der Waals surface area contributed by atoms with Gasteiger partial charge >= 0.3 is 0 Å². The molecule has 0 aromatic carbocycles. The number of hydrogen-bond acceptors (Lipinski definition) is 2. The third kappa shape index (κ3) is 7.21.